The molecule has 0 aliphatic carbocycles. The highest BCUT2D eigenvalue weighted by molar-refractivity contribution is 14.0. The summed E-state index contributed by atoms with van der Waals surface area (Å²) in [4.78, 5) is 18.2. The van der Waals surface area contributed by atoms with E-state index in [1.165, 1.54) is 9.78 Å². The molecule has 2 N–H and O–H groups in total. The fourth-order valence-corrected chi connectivity index (χ4v) is 2.58. The van der Waals surface area contributed by atoms with Crippen LogP contribution in [0.25, 0.3) is 0 Å². The standard InChI is InChI=1S/C11H17BrN4OS.HI/c1-13-11(15-7-10(17)16(2)3)14-6-8-4-5-9(12)18-8;/h4-5H,6-7H2,1-3H3,(H2,13,14,15);1H. The van der Waals surface area contributed by atoms with E-state index >= 15 is 0 Å². The number of carbonyl (C=O) groups is 1. The first kappa shape index (κ1) is 18.7. The topological polar surface area (TPSA) is 56.7 Å². The Kier molecular flexibility index (Phi) is 9.36. The highest BCUT2D eigenvalue weighted by atomic mass is 127. The van der Waals surface area contributed by atoms with Gasteiger partial charge in [-0.1, -0.05) is 0 Å². The third-order valence-electron chi connectivity index (χ3n) is 2.19. The number of hydrogen-bond acceptors (Lipinski definition) is 3. The molecule has 1 rings (SSSR count). The minimum atomic E-state index is 0. The predicted molar refractivity (Wildman–Crippen MR) is 94.3 cm³/mol. The molecule has 0 saturated heterocycles. The number of nitrogens with zero attached hydrogens (tertiary/aromatic N) is 2. The Hall–Kier alpha value is -0.350. The van der Waals surface area contributed by atoms with E-state index < -0.39 is 0 Å². The van der Waals surface area contributed by atoms with Gasteiger partial charge < -0.3 is 15.5 Å². The zero-order chi connectivity index (χ0) is 13.5. The van der Waals surface area contributed by atoms with Crippen molar-refractivity contribution in [3.05, 3.63) is 20.8 Å². The van der Waals surface area contributed by atoms with E-state index in [1.807, 2.05) is 12.1 Å². The molecular formula is C11H18BrIN4OS. The van der Waals surface area contributed by atoms with E-state index in [9.17, 15) is 4.79 Å². The van der Waals surface area contributed by atoms with E-state index in [0.717, 1.165) is 3.79 Å². The Labute approximate surface area is 143 Å². The quantitative estimate of drug-likeness (QED) is 0.409. The normalized spacial score (nSPS) is 10.6. The Morgan fingerprint density at radius 2 is 2.11 bits per heavy atom. The lowest BCUT2D eigenvalue weighted by molar-refractivity contribution is -0.127. The third kappa shape index (κ3) is 7.11. The Bertz CT molecular complexity index is 436. The summed E-state index contributed by atoms with van der Waals surface area (Å²) in [5, 5.41) is 6.12. The lowest BCUT2D eigenvalue weighted by Crippen LogP contribution is -2.42. The van der Waals surface area contributed by atoms with E-state index in [1.54, 1.807) is 32.5 Å². The number of hydrogen-bond donors (Lipinski definition) is 2. The van der Waals surface area contributed by atoms with E-state index in [2.05, 4.69) is 31.6 Å². The SMILES string of the molecule is CN=C(NCC(=O)N(C)C)NCc1ccc(Br)s1.I. The Morgan fingerprint density at radius 3 is 2.58 bits per heavy atom. The second kappa shape index (κ2) is 9.54. The van der Waals surface area contributed by atoms with Gasteiger partial charge in [0.15, 0.2) is 5.96 Å². The number of carbonyl (C=O) groups excluding carboxylic acids is 1. The molecule has 0 aromatic carbocycles. The first-order valence-corrected chi connectivity index (χ1v) is 7.02. The number of guanidine groups is 1. The fraction of sp³-hybridized carbons (Fsp3) is 0.455. The van der Waals surface area contributed by atoms with Crippen LogP contribution in [-0.2, 0) is 11.3 Å². The summed E-state index contributed by atoms with van der Waals surface area (Å²) in [7, 11) is 5.13. The van der Waals surface area contributed by atoms with Crippen LogP contribution in [0.15, 0.2) is 20.9 Å². The van der Waals surface area contributed by atoms with E-state index in [0.29, 0.717) is 12.5 Å². The van der Waals surface area contributed by atoms with Crippen LogP contribution in [0.2, 0.25) is 0 Å². The largest absolute Gasteiger partial charge is 0.352 e. The second-order valence-corrected chi connectivity index (χ2v) is 6.32. The van der Waals surface area contributed by atoms with Crippen LogP contribution in [-0.4, -0.2) is 44.5 Å². The summed E-state index contributed by atoms with van der Waals surface area (Å²) < 4.78 is 1.10. The summed E-state index contributed by atoms with van der Waals surface area (Å²) in [6.45, 7) is 0.924. The van der Waals surface area contributed by atoms with Gasteiger partial charge in [0.1, 0.15) is 0 Å². The molecule has 19 heavy (non-hydrogen) atoms. The maximum Gasteiger partial charge on any atom is 0.241 e. The van der Waals surface area contributed by atoms with Gasteiger partial charge in [0.05, 0.1) is 16.9 Å². The van der Waals surface area contributed by atoms with Crippen LogP contribution in [0.5, 0.6) is 0 Å². The van der Waals surface area contributed by atoms with Gasteiger partial charge in [0.2, 0.25) is 5.91 Å². The highest BCUT2D eigenvalue weighted by Gasteiger charge is 2.05. The number of amides is 1. The summed E-state index contributed by atoms with van der Waals surface area (Å²) in [6, 6.07) is 4.05. The summed E-state index contributed by atoms with van der Waals surface area (Å²) in [5.41, 5.74) is 0. The van der Waals surface area contributed by atoms with Gasteiger partial charge >= 0.3 is 0 Å². The third-order valence-corrected chi connectivity index (χ3v) is 3.81. The van der Waals surface area contributed by atoms with Gasteiger partial charge in [0.25, 0.3) is 0 Å². The monoisotopic (exact) mass is 460 g/mol. The van der Waals surface area contributed by atoms with Gasteiger partial charge in [-0.3, -0.25) is 9.79 Å². The number of thiophene rings is 1. The predicted octanol–water partition coefficient (Wildman–Crippen LogP) is 1.88. The van der Waals surface area contributed by atoms with Gasteiger partial charge in [-0.15, -0.1) is 35.3 Å². The number of likely N-dealkylation sites (N-methyl/N-ethyl adjacent to an activating group) is 1. The van der Waals surface area contributed by atoms with Crippen LogP contribution in [0.1, 0.15) is 4.88 Å². The van der Waals surface area contributed by atoms with Crippen molar-refractivity contribution in [1.82, 2.24) is 15.5 Å². The smallest absolute Gasteiger partial charge is 0.241 e. The molecule has 1 aromatic rings. The van der Waals surface area contributed by atoms with Gasteiger partial charge in [-0.25, -0.2) is 0 Å². The highest BCUT2D eigenvalue weighted by Crippen LogP contribution is 2.21. The number of nitrogens with one attached hydrogen (secondary N) is 2. The molecule has 0 atom stereocenters. The van der Waals surface area contributed by atoms with Crippen LogP contribution < -0.4 is 10.6 Å². The summed E-state index contributed by atoms with van der Waals surface area (Å²) in [6.07, 6.45) is 0. The molecule has 0 fully saturated rings. The molecule has 108 valence electrons. The van der Waals surface area contributed by atoms with Crippen molar-refractivity contribution in [2.24, 2.45) is 4.99 Å². The minimum Gasteiger partial charge on any atom is -0.352 e. The van der Waals surface area contributed by atoms with Crippen LogP contribution >= 0.6 is 51.2 Å². The minimum absolute atomic E-state index is 0. The van der Waals surface area contributed by atoms with Gasteiger partial charge in [0, 0.05) is 26.0 Å². The first-order valence-electron chi connectivity index (χ1n) is 5.42. The average molecular weight is 461 g/mol. The lowest BCUT2D eigenvalue weighted by Gasteiger charge is -2.13. The molecular weight excluding hydrogens is 443 g/mol. The van der Waals surface area contributed by atoms with Crippen molar-refractivity contribution in [3.8, 4) is 0 Å². The molecule has 0 bridgehead atoms. The second-order valence-electron chi connectivity index (χ2n) is 3.77. The molecule has 0 spiro atoms. The van der Waals surface area contributed by atoms with Crippen molar-refractivity contribution in [3.63, 3.8) is 0 Å². The van der Waals surface area contributed by atoms with Crippen molar-refractivity contribution in [1.29, 1.82) is 0 Å². The molecule has 0 aliphatic heterocycles. The van der Waals surface area contributed by atoms with Gasteiger partial charge in [-0.05, 0) is 28.1 Å². The number of aliphatic imine (C=N–C) groups is 1. The zero-order valence-electron chi connectivity index (χ0n) is 11.1. The lowest BCUT2D eigenvalue weighted by atomic mass is 10.4. The van der Waals surface area contributed by atoms with Crippen molar-refractivity contribution < 1.29 is 4.79 Å². The maximum absolute atomic E-state index is 11.4. The van der Waals surface area contributed by atoms with Crippen molar-refractivity contribution in [2.75, 3.05) is 27.7 Å². The molecule has 8 heteroatoms. The van der Waals surface area contributed by atoms with E-state index in [4.69, 9.17) is 0 Å². The zero-order valence-corrected chi connectivity index (χ0v) is 15.8. The molecule has 1 heterocycles. The molecule has 0 aliphatic rings. The molecule has 1 amide bonds. The molecule has 0 saturated carbocycles. The van der Waals surface area contributed by atoms with Gasteiger partial charge in [-0.2, -0.15) is 0 Å². The first-order chi connectivity index (χ1) is 8.52. The Balaban J connectivity index is 0.00000324. The molecule has 0 radical (unpaired) electrons. The summed E-state index contributed by atoms with van der Waals surface area (Å²) in [5.74, 6) is 0.631. The van der Waals surface area contributed by atoms with Crippen LogP contribution in [0.4, 0.5) is 0 Å². The number of halogens is 2. The number of rotatable bonds is 4. The summed E-state index contributed by atoms with van der Waals surface area (Å²) >= 11 is 5.08. The average Bonchev–Trinajstić information content (AvgIpc) is 2.74. The van der Waals surface area contributed by atoms with Crippen LogP contribution in [0, 0.1) is 0 Å². The molecule has 1 aromatic heterocycles. The fourth-order valence-electron chi connectivity index (χ4n) is 1.16. The van der Waals surface area contributed by atoms with E-state index in [-0.39, 0.29) is 36.4 Å². The van der Waals surface area contributed by atoms with Crippen molar-refractivity contribution >= 4 is 63.1 Å². The maximum atomic E-state index is 11.4. The van der Waals surface area contributed by atoms with Crippen molar-refractivity contribution in [2.45, 2.75) is 6.54 Å². The Morgan fingerprint density at radius 1 is 1.42 bits per heavy atom. The molecule has 5 nitrogen and oxygen atoms in total. The van der Waals surface area contributed by atoms with Crippen LogP contribution in [0.3, 0.4) is 0 Å². The molecule has 0 unspecified atom stereocenters.